The van der Waals surface area contributed by atoms with Gasteiger partial charge >= 0.3 is 5.97 Å². The Balaban J connectivity index is 1.68. The Hall–Kier alpha value is -2.74. The number of allylic oxidation sites excluding steroid dienone is 1. The van der Waals surface area contributed by atoms with Crippen molar-refractivity contribution < 1.29 is 19.1 Å². The van der Waals surface area contributed by atoms with Crippen molar-refractivity contribution in [1.82, 2.24) is 9.80 Å². The topological polar surface area (TPSA) is 71.4 Å². The minimum Gasteiger partial charge on any atom is -0.497 e. The van der Waals surface area contributed by atoms with Crippen molar-refractivity contribution in [3.05, 3.63) is 52.2 Å². The van der Waals surface area contributed by atoms with Gasteiger partial charge in [0.05, 0.1) is 38.0 Å². The van der Waals surface area contributed by atoms with Crippen molar-refractivity contribution in [2.75, 3.05) is 20.8 Å². The molecule has 0 N–H and O–H groups in total. The first-order valence-electron chi connectivity index (χ1n) is 10.9. The first kappa shape index (κ1) is 22.5. The van der Waals surface area contributed by atoms with Gasteiger partial charge < -0.3 is 19.3 Å². The predicted molar refractivity (Wildman–Crippen MR) is 125 cm³/mol. The number of methoxy groups -OCH3 is 2. The van der Waals surface area contributed by atoms with Crippen LogP contribution in [0.25, 0.3) is 0 Å². The number of carbonyl (C=O) groups excluding carboxylic acids is 2. The number of ether oxygens (including phenoxy) is 2. The third kappa shape index (κ3) is 4.16. The van der Waals surface area contributed by atoms with E-state index in [0.29, 0.717) is 11.3 Å². The van der Waals surface area contributed by atoms with Crippen LogP contribution in [0.1, 0.15) is 51.1 Å². The lowest BCUT2D eigenvalue weighted by Crippen LogP contribution is -2.43. The molecule has 0 saturated carbocycles. The molecule has 4 rings (SSSR count). The van der Waals surface area contributed by atoms with Gasteiger partial charge in [-0.15, -0.1) is 0 Å². The van der Waals surface area contributed by atoms with Gasteiger partial charge in [-0.3, -0.25) is 4.79 Å². The van der Waals surface area contributed by atoms with E-state index in [1.165, 1.54) is 25.3 Å². The van der Waals surface area contributed by atoms with E-state index in [4.69, 9.17) is 9.47 Å². The molecule has 1 amide bonds. The third-order valence-corrected chi connectivity index (χ3v) is 7.18. The van der Waals surface area contributed by atoms with Crippen LogP contribution < -0.4 is 4.74 Å². The van der Waals surface area contributed by atoms with Crippen LogP contribution in [0.2, 0.25) is 0 Å². The molecule has 0 bridgehead atoms. The lowest BCUT2D eigenvalue weighted by molar-refractivity contribution is -0.136. The fourth-order valence-electron chi connectivity index (χ4n) is 4.57. The van der Waals surface area contributed by atoms with Crippen molar-refractivity contribution in [2.24, 2.45) is 4.99 Å². The van der Waals surface area contributed by atoms with Crippen LogP contribution in [0.15, 0.2) is 51.6 Å². The Kier molecular flexibility index (Phi) is 6.60. The van der Waals surface area contributed by atoms with E-state index in [9.17, 15) is 9.59 Å². The summed E-state index contributed by atoms with van der Waals surface area (Å²) in [4.78, 5) is 34.6. The maximum Gasteiger partial charge on any atom is 0.338 e. The monoisotopic (exact) mass is 455 g/mol. The molecule has 2 unspecified atom stereocenters. The SMILES string of the molecule is COC(=O)C1=C(C)N=C2SC=C(CC(=O)N3CCCCC3C)N2C1c1ccc(OC)cc1. The van der Waals surface area contributed by atoms with Gasteiger partial charge in [-0.05, 0) is 56.2 Å². The molecule has 0 aliphatic carbocycles. The summed E-state index contributed by atoms with van der Waals surface area (Å²) in [7, 11) is 3.00. The van der Waals surface area contributed by atoms with Gasteiger partial charge in [-0.25, -0.2) is 9.79 Å². The lowest BCUT2D eigenvalue weighted by atomic mass is 9.93. The number of thioether (sulfide) groups is 1. The number of piperidine rings is 1. The quantitative estimate of drug-likeness (QED) is 0.619. The average molecular weight is 456 g/mol. The summed E-state index contributed by atoms with van der Waals surface area (Å²) in [5, 5.41) is 2.75. The maximum atomic E-state index is 13.2. The number of carbonyl (C=O) groups is 2. The number of amides is 1. The molecule has 1 aromatic carbocycles. The summed E-state index contributed by atoms with van der Waals surface area (Å²) in [5.41, 5.74) is 2.87. The number of fused-ring (bicyclic) bond motifs is 1. The number of hydrogen-bond acceptors (Lipinski definition) is 7. The normalized spacial score (nSPS) is 22.9. The minimum absolute atomic E-state index is 0.115. The highest BCUT2D eigenvalue weighted by Crippen LogP contribution is 2.45. The van der Waals surface area contributed by atoms with Gasteiger partial charge in [-0.1, -0.05) is 23.9 Å². The zero-order chi connectivity index (χ0) is 22.8. The first-order chi connectivity index (χ1) is 15.4. The van der Waals surface area contributed by atoms with Crippen molar-refractivity contribution in [3.63, 3.8) is 0 Å². The van der Waals surface area contributed by atoms with Gasteiger partial charge in [0.25, 0.3) is 0 Å². The molecule has 3 aliphatic rings. The average Bonchev–Trinajstić information content (AvgIpc) is 3.19. The van der Waals surface area contributed by atoms with Gasteiger partial charge in [0.1, 0.15) is 5.75 Å². The summed E-state index contributed by atoms with van der Waals surface area (Å²) in [6, 6.07) is 7.46. The molecule has 1 fully saturated rings. The molecule has 0 aromatic heterocycles. The van der Waals surface area contributed by atoms with E-state index in [1.807, 2.05) is 46.4 Å². The fourth-order valence-corrected chi connectivity index (χ4v) is 5.53. The number of rotatable bonds is 5. The first-order valence-corrected chi connectivity index (χ1v) is 11.8. The Morgan fingerprint density at radius 2 is 1.94 bits per heavy atom. The highest BCUT2D eigenvalue weighted by molar-refractivity contribution is 8.16. The molecule has 1 saturated heterocycles. The lowest BCUT2D eigenvalue weighted by Gasteiger charge is -2.38. The van der Waals surface area contributed by atoms with Gasteiger partial charge in [-0.2, -0.15) is 0 Å². The van der Waals surface area contributed by atoms with Crippen LogP contribution in [0.5, 0.6) is 5.75 Å². The molecule has 170 valence electrons. The Morgan fingerprint density at radius 1 is 1.19 bits per heavy atom. The molecular formula is C24H29N3O4S. The summed E-state index contributed by atoms with van der Waals surface area (Å²) in [6.45, 7) is 4.74. The summed E-state index contributed by atoms with van der Waals surface area (Å²) in [5.74, 6) is 0.433. The third-order valence-electron chi connectivity index (χ3n) is 6.29. The second kappa shape index (κ2) is 9.40. The number of esters is 1. The summed E-state index contributed by atoms with van der Waals surface area (Å²) < 4.78 is 10.4. The van der Waals surface area contributed by atoms with E-state index in [1.54, 1.807) is 7.11 Å². The summed E-state index contributed by atoms with van der Waals surface area (Å²) >= 11 is 1.49. The minimum atomic E-state index is -0.423. The molecule has 7 nitrogen and oxygen atoms in total. The van der Waals surface area contributed by atoms with Crippen LogP contribution in [-0.2, 0) is 14.3 Å². The maximum absolute atomic E-state index is 13.2. The Labute approximate surface area is 193 Å². The van der Waals surface area contributed by atoms with E-state index < -0.39 is 12.0 Å². The van der Waals surface area contributed by atoms with Crippen LogP contribution in [0.3, 0.4) is 0 Å². The van der Waals surface area contributed by atoms with E-state index in [2.05, 4.69) is 11.9 Å². The number of nitrogens with zero attached hydrogens (tertiary/aromatic N) is 3. The van der Waals surface area contributed by atoms with E-state index in [-0.39, 0.29) is 18.4 Å². The second-order valence-electron chi connectivity index (χ2n) is 8.27. The standard InChI is InChI=1S/C24H29N3O4S/c1-15-7-5-6-12-26(15)20(28)13-18-14-32-24-25-16(2)21(23(29)31-4)22(27(18)24)17-8-10-19(30-3)11-9-17/h8-11,14-15,22H,5-7,12-13H2,1-4H3. The highest BCUT2D eigenvalue weighted by Gasteiger charge is 2.41. The molecule has 0 radical (unpaired) electrons. The zero-order valence-corrected chi connectivity index (χ0v) is 19.8. The zero-order valence-electron chi connectivity index (χ0n) is 19.0. The Morgan fingerprint density at radius 3 is 2.59 bits per heavy atom. The number of hydrogen-bond donors (Lipinski definition) is 0. The van der Waals surface area contributed by atoms with Gasteiger partial charge in [0.15, 0.2) is 5.17 Å². The van der Waals surface area contributed by atoms with Crippen LogP contribution in [0.4, 0.5) is 0 Å². The highest BCUT2D eigenvalue weighted by atomic mass is 32.2. The molecule has 1 aromatic rings. The molecule has 32 heavy (non-hydrogen) atoms. The smallest absolute Gasteiger partial charge is 0.338 e. The summed E-state index contributed by atoms with van der Waals surface area (Å²) in [6.07, 6.45) is 3.52. The molecule has 2 atom stereocenters. The van der Waals surface area contributed by atoms with E-state index in [0.717, 1.165) is 41.6 Å². The number of amidine groups is 1. The molecule has 3 heterocycles. The van der Waals surface area contributed by atoms with Crippen molar-refractivity contribution >= 4 is 28.8 Å². The fraction of sp³-hybridized carbons (Fsp3) is 0.458. The second-order valence-corrected chi connectivity index (χ2v) is 9.10. The van der Waals surface area contributed by atoms with Gasteiger partial charge in [0.2, 0.25) is 5.91 Å². The number of benzene rings is 1. The molecule has 0 spiro atoms. The molecule has 8 heteroatoms. The molecule has 3 aliphatic heterocycles. The van der Waals surface area contributed by atoms with Crippen LogP contribution in [0, 0.1) is 0 Å². The van der Waals surface area contributed by atoms with Gasteiger partial charge in [0, 0.05) is 18.3 Å². The number of aliphatic imine (C=N–C) groups is 1. The number of likely N-dealkylation sites (tertiary alicyclic amines) is 1. The van der Waals surface area contributed by atoms with Crippen molar-refractivity contribution in [3.8, 4) is 5.75 Å². The van der Waals surface area contributed by atoms with Crippen molar-refractivity contribution in [2.45, 2.75) is 51.6 Å². The largest absolute Gasteiger partial charge is 0.497 e. The van der Waals surface area contributed by atoms with E-state index >= 15 is 0 Å². The molecular weight excluding hydrogens is 426 g/mol. The predicted octanol–water partition coefficient (Wildman–Crippen LogP) is 4.23. The van der Waals surface area contributed by atoms with Crippen LogP contribution in [-0.4, -0.2) is 53.7 Å². The Bertz CT molecular complexity index is 999. The van der Waals surface area contributed by atoms with Crippen molar-refractivity contribution in [1.29, 1.82) is 0 Å². The van der Waals surface area contributed by atoms with Crippen LogP contribution >= 0.6 is 11.8 Å².